The highest BCUT2D eigenvalue weighted by Gasteiger charge is 2.20. The lowest BCUT2D eigenvalue weighted by Crippen LogP contribution is -2.19. The zero-order valence-corrected chi connectivity index (χ0v) is 18.7. The molecule has 0 N–H and O–H groups in total. The van der Waals surface area contributed by atoms with E-state index in [1.807, 2.05) is 0 Å². The maximum atomic E-state index is 6.02. The third-order valence-electron chi connectivity index (χ3n) is 6.99. The fourth-order valence-electron chi connectivity index (χ4n) is 4.94. The van der Waals surface area contributed by atoms with Crippen molar-refractivity contribution < 1.29 is 4.74 Å². The van der Waals surface area contributed by atoms with E-state index in [2.05, 4.69) is 62.1 Å². The van der Waals surface area contributed by atoms with Crippen LogP contribution in [0.25, 0.3) is 0 Å². The first-order valence-electron chi connectivity index (χ1n) is 12.2. The fourth-order valence-corrected chi connectivity index (χ4v) is 4.94. The lowest BCUT2D eigenvalue weighted by Gasteiger charge is -2.26. The minimum Gasteiger partial charge on any atom is -0.493 e. The Hall–Kier alpha value is -1.68. The van der Waals surface area contributed by atoms with Crippen molar-refractivity contribution in [2.45, 2.75) is 84.5 Å². The van der Waals surface area contributed by atoms with E-state index < -0.39 is 0 Å². The second kappa shape index (κ2) is 12.1. The minimum atomic E-state index is 0.583. The maximum absolute atomic E-state index is 6.02. The number of hydrogen-bond acceptors (Lipinski definition) is 1. The molecular formula is C28H40O. The van der Waals surface area contributed by atoms with Gasteiger partial charge in [-0.15, -0.1) is 0 Å². The molecule has 0 spiro atoms. The lowest BCUT2D eigenvalue weighted by atomic mass is 9.80. The molecule has 0 heterocycles. The third-order valence-corrected chi connectivity index (χ3v) is 6.99. The fraction of sp³-hybridized carbons (Fsp3) is 0.643. The summed E-state index contributed by atoms with van der Waals surface area (Å²) in [5.74, 6) is 10.9. The van der Waals surface area contributed by atoms with Gasteiger partial charge in [-0.3, -0.25) is 0 Å². The Labute approximate surface area is 179 Å². The van der Waals surface area contributed by atoms with Crippen LogP contribution < -0.4 is 4.74 Å². The molecule has 1 heteroatoms. The first-order chi connectivity index (χ1) is 14.3. The summed E-state index contributed by atoms with van der Waals surface area (Å²) in [6.45, 7) is 5.35. The van der Waals surface area contributed by atoms with E-state index in [0.29, 0.717) is 11.8 Å². The molecule has 0 bridgehead atoms. The van der Waals surface area contributed by atoms with Crippen LogP contribution in [0.5, 0.6) is 5.75 Å². The van der Waals surface area contributed by atoms with Gasteiger partial charge in [-0.25, -0.2) is 0 Å². The highest BCUT2D eigenvalue weighted by molar-refractivity contribution is 5.27. The molecule has 0 saturated heterocycles. The molecule has 2 saturated carbocycles. The van der Waals surface area contributed by atoms with Gasteiger partial charge in [0.1, 0.15) is 5.75 Å². The average Bonchev–Trinajstić information content (AvgIpc) is 2.78. The number of allylic oxidation sites excluding steroid dienone is 2. The van der Waals surface area contributed by atoms with Crippen LogP contribution >= 0.6 is 0 Å². The molecule has 1 aromatic carbocycles. The van der Waals surface area contributed by atoms with E-state index in [-0.39, 0.29) is 0 Å². The van der Waals surface area contributed by atoms with E-state index in [4.69, 9.17) is 4.74 Å². The van der Waals surface area contributed by atoms with Crippen LogP contribution in [-0.4, -0.2) is 6.61 Å². The van der Waals surface area contributed by atoms with Crippen molar-refractivity contribution in [3.8, 4) is 17.6 Å². The van der Waals surface area contributed by atoms with Gasteiger partial charge in [0.15, 0.2) is 0 Å². The van der Waals surface area contributed by atoms with Gasteiger partial charge in [0, 0.05) is 5.92 Å². The standard InChI is InChI=1S/C28H40O/c1-3-7-24-10-12-25(13-11-24)8-5-6-9-26-14-16-27(17-15-26)22-29-28-20-18-23(4-2)19-21-28/h5,8,18-21,24-27H,3-4,7,10-17,22H2,1-2H3/b8-5+/t24-,25-,26-,27-. The monoisotopic (exact) mass is 392 g/mol. The highest BCUT2D eigenvalue weighted by Crippen LogP contribution is 2.32. The van der Waals surface area contributed by atoms with E-state index >= 15 is 0 Å². The van der Waals surface area contributed by atoms with Gasteiger partial charge in [0.2, 0.25) is 0 Å². The van der Waals surface area contributed by atoms with Gasteiger partial charge in [0.25, 0.3) is 0 Å². The highest BCUT2D eigenvalue weighted by atomic mass is 16.5. The summed E-state index contributed by atoms with van der Waals surface area (Å²) in [5.41, 5.74) is 1.37. The maximum Gasteiger partial charge on any atom is 0.119 e. The number of hydrogen-bond donors (Lipinski definition) is 0. The molecule has 0 unspecified atom stereocenters. The summed E-state index contributed by atoms with van der Waals surface area (Å²) in [5, 5.41) is 0. The van der Waals surface area contributed by atoms with Crippen molar-refractivity contribution in [2.75, 3.05) is 6.61 Å². The zero-order valence-electron chi connectivity index (χ0n) is 18.7. The van der Waals surface area contributed by atoms with Gasteiger partial charge in [0.05, 0.1) is 6.61 Å². The van der Waals surface area contributed by atoms with E-state index in [1.54, 1.807) is 0 Å². The van der Waals surface area contributed by atoms with Crippen molar-refractivity contribution in [2.24, 2.45) is 23.7 Å². The second-order valence-electron chi connectivity index (χ2n) is 9.24. The SMILES string of the molecule is CCC[C@H]1CC[C@H](/C=C/C#C[C@H]2CC[C@H](COc3ccc(CC)cc3)CC2)CC1. The zero-order chi connectivity index (χ0) is 20.3. The van der Waals surface area contributed by atoms with E-state index in [0.717, 1.165) is 30.6 Å². The summed E-state index contributed by atoms with van der Waals surface area (Å²) in [4.78, 5) is 0. The third kappa shape index (κ3) is 7.58. The van der Waals surface area contributed by atoms with Crippen LogP contribution in [0.3, 0.4) is 0 Å². The van der Waals surface area contributed by atoms with Crippen molar-refractivity contribution in [1.29, 1.82) is 0 Å². The van der Waals surface area contributed by atoms with Crippen molar-refractivity contribution >= 4 is 0 Å². The average molecular weight is 393 g/mol. The van der Waals surface area contributed by atoms with Crippen LogP contribution in [0.15, 0.2) is 36.4 Å². The van der Waals surface area contributed by atoms with Gasteiger partial charge in [-0.2, -0.15) is 0 Å². The summed E-state index contributed by atoms with van der Waals surface area (Å²) in [6, 6.07) is 8.56. The molecule has 158 valence electrons. The molecule has 0 radical (unpaired) electrons. The molecule has 0 atom stereocenters. The van der Waals surface area contributed by atoms with E-state index in [9.17, 15) is 0 Å². The van der Waals surface area contributed by atoms with Gasteiger partial charge in [-0.05, 0) is 99.3 Å². The molecule has 2 fully saturated rings. The molecule has 0 amide bonds. The molecule has 0 aliphatic heterocycles. The first-order valence-corrected chi connectivity index (χ1v) is 12.2. The second-order valence-corrected chi connectivity index (χ2v) is 9.24. The van der Waals surface area contributed by atoms with Crippen LogP contribution in [0, 0.1) is 35.5 Å². The molecule has 29 heavy (non-hydrogen) atoms. The van der Waals surface area contributed by atoms with Crippen molar-refractivity contribution in [1.82, 2.24) is 0 Å². The molecule has 2 aliphatic carbocycles. The quantitative estimate of drug-likeness (QED) is 0.434. The van der Waals surface area contributed by atoms with Crippen molar-refractivity contribution in [3.63, 3.8) is 0 Å². The summed E-state index contributed by atoms with van der Waals surface area (Å²) >= 11 is 0. The van der Waals surface area contributed by atoms with Gasteiger partial charge < -0.3 is 4.74 Å². The molecule has 0 aromatic heterocycles. The number of aryl methyl sites for hydroxylation is 1. The molecule has 1 nitrogen and oxygen atoms in total. The molecule has 1 aromatic rings. The normalized spacial score (nSPS) is 27.4. The lowest BCUT2D eigenvalue weighted by molar-refractivity contribution is 0.196. The Morgan fingerprint density at radius 1 is 0.897 bits per heavy atom. The van der Waals surface area contributed by atoms with Crippen molar-refractivity contribution in [3.05, 3.63) is 42.0 Å². The predicted octanol–water partition coefficient (Wildman–Crippen LogP) is 7.60. The number of rotatable bonds is 7. The molecule has 2 aliphatic rings. The Bertz CT molecular complexity index is 659. The molecule has 3 rings (SSSR count). The largest absolute Gasteiger partial charge is 0.493 e. The Morgan fingerprint density at radius 3 is 2.24 bits per heavy atom. The molecular weight excluding hydrogens is 352 g/mol. The van der Waals surface area contributed by atoms with E-state index in [1.165, 1.54) is 69.8 Å². The van der Waals surface area contributed by atoms with Crippen LogP contribution in [0.2, 0.25) is 0 Å². The first kappa shape index (κ1) is 22.0. The van der Waals surface area contributed by atoms with Crippen LogP contribution in [0.4, 0.5) is 0 Å². The number of benzene rings is 1. The Kier molecular flexibility index (Phi) is 9.20. The van der Waals surface area contributed by atoms with Gasteiger partial charge in [-0.1, -0.05) is 56.7 Å². The minimum absolute atomic E-state index is 0.583. The van der Waals surface area contributed by atoms with Crippen LogP contribution in [-0.2, 0) is 6.42 Å². The summed E-state index contributed by atoms with van der Waals surface area (Å²) < 4.78 is 6.02. The Balaban J connectivity index is 1.32. The summed E-state index contributed by atoms with van der Waals surface area (Å²) in [6.07, 6.45) is 18.9. The van der Waals surface area contributed by atoms with Crippen LogP contribution in [0.1, 0.15) is 83.6 Å². The Morgan fingerprint density at radius 2 is 1.59 bits per heavy atom. The smallest absolute Gasteiger partial charge is 0.119 e. The van der Waals surface area contributed by atoms with Gasteiger partial charge >= 0.3 is 0 Å². The predicted molar refractivity (Wildman–Crippen MR) is 124 cm³/mol. The summed E-state index contributed by atoms with van der Waals surface area (Å²) in [7, 11) is 0. The number of ether oxygens (including phenoxy) is 1. The topological polar surface area (TPSA) is 9.23 Å².